The molecule has 0 aromatic heterocycles. The Bertz CT molecular complexity index is 769. The van der Waals surface area contributed by atoms with Gasteiger partial charge in [-0.2, -0.15) is 8.78 Å². The van der Waals surface area contributed by atoms with Crippen molar-refractivity contribution in [2.45, 2.75) is 38.7 Å². The second-order valence-electron chi connectivity index (χ2n) is 6.24. The minimum absolute atomic E-state index is 0.00749. The van der Waals surface area contributed by atoms with Gasteiger partial charge in [0, 0.05) is 5.75 Å². The van der Waals surface area contributed by atoms with Gasteiger partial charge in [-0.1, -0.05) is 37.3 Å². The molecular formula is C21H25F2NO3S. The van der Waals surface area contributed by atoms with E-state index in [0.717, 1.165) is 17.5 Å². The summed E-state index contributed by atoms with van der Waals surface area (Å²) in [6.45, 7) is 1.15. The molecule has 1 amide bonds. The quantitative estimate of drug-likeness (QED) is 0.602. The van der Waals surface area contributed by atoms with Crippen molar-refractivity contribution in [3.05, 3.63) is 59.2 Å². The Morgan fingerprint density at radius 1 is 1.11 bits per heavy atom. The number of amides is 1. The summed E-state index contributed by atoms with van der Waals surface area (Å²) in [7, 11) is 1.40. The fraction of sp³-hybridized carbons (Fsp3) is 0.381. The van der Waals surface area contributed by atoms with E-state index in [4.69, 9.17) is 4.74 Å². The molecule has 0 spiro atoms. The van der Waals surface area contributed by atoms with Gasteiger partial charge >= 0.3 is 6.61 Å². The third-order valence-corrected chi connectivity index (χ3v) is 5.22. The first-order chi connectivity index (χ1) is 13.4. The Morgan fingerprint density at radius 2 is 1.79 bits per heavy atom. The average molecular weight is 409 g/mol. The van der Waals surface area contributed by atoms with E-state index in [9.17, 15) is 13.6 Å². The highest BCUT2D eigenvalue weighted by Gasteiger charge is 2.12. The third-order valence-electron chi connectivity index (χ3n) is 4.21. The van der Waals surface area contributed by atoms with Gasteiger partial charge in [0.1, 0.15) is 0 Å². The van der Waals surface area contributed by atoms with Crippen molar-refractivity contribution in [1.82, 2.24) is 5.32 Å². The van der Waals surface area contributed by atoms with E-state index in [1.165, 1.54) is 30.5 Å². The molecule has 0 aliphatic rings. The number of rotatable bonds is 10. The van der Waals surface area contributed by atoms with Crippen LogP contribution in [0.3, 0.4) is 0 Å². The molecule has 0 radical (unpaired) electrons. The van der Waals surface area contributed by atoms with Gasteiger partial charge in [0.15, 0.2) is 11.5 Å². The average Bonchev–Trinajstić information content (AvgIpc) is 2.68. The number of carbonyl (C=O) groups is 1. The smallest absolute Gasteiger partial charge is 0.387 e. The molecule has 0 bridgehead atoms. The summed E-state index contributed by atoms with van der Waals surface area (Å²) >= 11 is 1.44. The first kappa shape index (κ1) is 22.0. The van der Waals surface area contributed by atoms with Crippen LogP contribution in [0.25, 0.3) is 0 Å². The van der Waals surface area contributed by atoms with Crippen molar-refractivity contribution >= 4 is 17.7 Å². The predicted molar refractivity (Wildman–Crippen MR) is 108 cm³/mol. The lowest BCUT2D eigenvalue weighted by Crippen LogP contribution is -2.28. The predicted octanol–water partition coefficient (Wildman–Crippen LogP) is 4.97. The number of hydrogen-bond acceptors (Lipinski definition) is 4. The van der Waals surface area contributed by atoms with E-state index in [1.54, 1.807) is 12.1 Å². The van der Waals surface area contributed by atoms with E-state index in [2.05, 4.69) is 29.1 Å². The summed E-state index contributed by atoms with van der Waals surface area (Å²) in [5.74, 6) is 1.04. The van der Waals surface area contributed by atoms with E-state index < -0.39 is 6.61 Å². The Kier molecular flexibility index (Phi) is 8.57. The summed E-state index contributed by atoms with van der Waals surface area (Å²) in [4.78, 5) is 12.2. The Morgan fingerprint density at radius 3 is 2.39 bits per heavy atom. The van der Waals surface area contributed by atoms with Gasteiger partial charge in [0.25, 0.3) is 0 Å². The van der Waals surface area contributed by atoms with Crippen molar-refractivity contribution in [1.29, 1.82) is 0 Å². The first-order valence-corrected chi connectivity index (χ1v) is 10.2. The summed E-state index contributed by atoms with van der Waals surface area (Å²) in [6, 6.07) is 12.9. The van der Waals surface area contributed by atoms with Gasteiger partial charge in [0.05, 0.1) is 18.9 Å². The van der Waals surface area contributed by atoms with Gasteiger partial charge in [-0.3, -0.25) is 4.79 Å². The molecule has 2 aromatic rings. The lowest BCUT2D eigenvalue weighted by atomic mass is 10.1. The Balaban J connectivity index is 1.82. The van der Waals surface area contributed by atoms with Crippen LogP contribution in [-0.4, -0.2) is 25.4 Å². The normalized spacial score (nSPS) is 11.9. The van der Waals surface area contributed by atoms with Crippen LogP contribution in [0.1, 0.15) is 36.6 Å². The highest BCUT2D eigenvalue weighted by Crippen LogP contribution is 2.30. The number of thioether (sulfide) groups is 1. The standard InChI is InChI=1S/C21H25F2NO3S/c1-4-15-5-8-17(9-6-15)14(2)24-20(25)13-28-12-16-7-10-18(27-21(22)23)19(11-16)26-3/h5-11,14,21H,4,12-13H2,1-3H3,(H,24,25)/t14-/m1/s1. The second-order valence-corrected chi connectivity index (χ2v) is 7.23. The molecule has 1 atom stereocenters. The molecule has 0 heterocycles. The van der Waals surface area contributed by atoms with Crippen LogP contribution >= 0.6 is 11.8 Å². The van der Waals surface area contributed by atoms with Crippen molar-refractivity contribution in [3.63, 3.8) is 0 Å². The number of halogens is 2. The van der Waals surface area contributed by atoms with Gasteiger partial charge in [-0.15, -0.1) is 11.8 Å². The number of aryl methyl sites for hydroxylation is 1. The number of alkyl halides is 2. The minimum Gasteiger partial charge on any atom is -0.493 e. The SMILES string of the molecule is CCc1ccc([C@@H](C)NC(=O)CSCc2ccc(OC(F)F)c(OC)c2)cc1. The molecule has 152 valence electrons. The third kappa shape index (κ3) is 6.71. The topological polar surface area (TPSA) is 47.6 Å². The zero-order valence-electron chi connectivity index (χ0n) is 16.2. The van der Waals surface area contributed by atoms with E-state index in [-0.39, 0.29) is 23.4 Å². The van der Waals surface area contributed by atoms with Crippen molar-refractivity contribution in [2.75, 3.05) is 12.9 Å². The molecule has 7 heteroatoms. The summed E-state index contributed by atoms with van der Waals surface area (Å²) in [6.07, 6.45) is 0.984. The number of methoxy groups -OCH3 is 1. The van der Waals surface area contributed by atoms with Crippen molar-refractivity contribution in [2.24, 2.45) is 0 Å². The van der Waals surface area contributed by atoms with E-state index in [0.29, 0.717) is 11.5 Å². The maximum absolute atomic E-state index is 12.4. The van der Waals surface area contributed by atoms with Crippen LogP contribution < -0.4 is 14.8 Å². The van der Waals surface area contributed by atoms with Crippen LogP contribution in [0, 0.1) is 0 Å². The second kappa shape index (κ2) is 10.9. The monoisotopic (exact) mass is 409 g/mol. The molecule has 0 unspecified atom stereocenters. The zero-order chi connectivity index (χ0) is 20.5. The fourth-order valence-electron chi connectivity index (χ4n) is 2.67. The van der Waals surface area contributed by atoms with Crippen LogP contribution in [0.5, 0.6) is 11.5 Å². The van der Waals surface area contributed by atoms with Crippen LogP contribution in [0.4, 0.5) is 8.78 Å². The summed E-state index contributed by atoms with van der Waals surface area (Å²) < 4.78 is 34.2. The van der Waals surface area contributed by atoms with Crippen molar-refractivity contribution < 1.29 is 23.0 Å². The largest absolute Gasteiger partial charge is 0.493 e. The van der Waals surface area contributed by atoms with Crippen molar-refractivity contribution in [3.8, 4) is 11.5 Å². The number of benzene rings is 2. The molecule has 0 saturated heterocycles. The number of ether oxygens (including phenoxy) is 2. The Hall–Kier alpha value is -2.28. The molecule has 28 heavy (non-hydrogen) atoms. The van der Waals surface area contributed by atoms with Crippen LogP contribution in [0.2, 0.25) is 0 Å². The first-order valence-electron chi connectivity index (χ1n) is 9.00. The molecule has 2 rings (SSSR count). The minimum atomic E-state index is -2.90. The Labute approximate surface area is 168 Å². The highest BCUT2D eigenvalue weighted by molar-refractivity contribution is 7.99. The highest BCUT2D eigenvalue weighted by atomic mass is 32.2. The molecule has 0 aliphatic carbocycles. The summed E-state index contributed by atoms with van der Waals surface area (Å²) in [5, 5.41) is 2.99. The number of carbonyl (C=O) groups excluding carboxylic acids is 1. The molecule has 1 N–H and O–H groups in total. The van der Waals surface area contributed by atoms with Crippen LogP contribution in [0.15, 0.2) is 42.5 Å². The van der Waals surface area contributed by atoms with Gasteiger partial charge < -0.3 is 14.8 Å². The molecule has 0 saturated carbocycles. The maximum Gasteiger partial charge on any atom is 0.387 e. The van der Waals surface area contributed by atoms with Crippen LogP contribution in [-0.2, 0) is 17.0 Å². The lowest BCUT2D eigenvalue weighted by Gasteiger charge is -2.15. The number of hydrogen-bond donors (Lipinski definition) is 1. The van der Waals surface area contributed by atoms with Gasteiger partial charge in [-0.05, 0) is 42.2 Å². The fourth-order valence-corrected chi connectivity index (χ4v) is 3.45. The van der Waals surface area contributed by atoms with E-state index >= 15 is 0 Å². The molecular weight excluding hydrogens is 384 g/mol. The molecule has 0 aliphatic heterocycles. The lowest BCUT2D eigenvalue weighted by molar-refractivity contribution is -0.119. The molecule has 2 aromatic carbocycles. The molecule has 4 nitrogen and oxygen atoms in total. The number of nitrogens with one attached hydrogen (secondary N) is 1. The van der Waals surface area contributed by atoms with Gasteiger partial charge in [0.2, 0.25) is 5.91 Å². The maximum atomic E-state index is 12.4. The van der Waals surface area contributed by atoms with E-state index in [1.807, 2.05) is 19.1 Å². The summed E-state index contributed by atoms with van der Waals surface area (Å²) in [5.41, 5.74) is 3.19. The zero-order valence-corrected chi connectivity index (χ0v) is 17.0. The molecule has 0 fully saturated rings. The van der Waals surface area contributed by atoms with Gasteiger partial charge in [-0.25, -0.2) is 0 Å².